The van der Waals surface area contributed by atoms with E-state index in [9.17, 15) is 4.79 Å². The molecule has 0 rings (SSSR count). The van der Waals surface area contributed by atoms with E-state index in [0.717, 1.165) is 71.7 Å². The highest BCUT2D eigenvalue weighted by atomic mass is 16.2. The van der Waals surface area contributed by atoms with Crippen molar-refractivity contribution in [2.45, 2.75) is 251 Å². The Balaban J connectivity index is 4.07. The Morgan fingerprint density at radius 1 is 0.345 bits per heavy atom. The minimum absolute atomic E-state index is 0.391. The van der Waals surface area contributed by atoms with Crippen molar-refractivity contribution in [1.29, 1.82) is 0 Å². The van der Waals surface area contributed by atoms with Gasteiger partial charge in [-0.2, -0.15) is 0 Å². The molecule has 1 amide bonds. The molecule has 0 saturated carbocycles. The van der Waals surface area contributed by atoms with Crippen LogP contribution in [0.1, 0.15) is 251 Å². The Kier molecular flexibility index (Phi) is 48.8. The standard InChI is InChI=1S/C49H103N5O/c1-3-5-7-9-11-13-15-17-19-21-23-25-27-29-31-35-47-54(48-36-32-30-28-26-24-22-20-18-16-14-12-10-8-6-4-2)49(55)39-37-43-53-46-45-52-42-34-33-41-51-44-38-40-50/h51-53H,3-48,50H2,1-2H3. The first-order valence-electron chi connectivity index (χ1n) is 25.4. The third-order valence-corrected chi connectivity index (χ3v) is 11.7. The predicted octanol–water partition coefficient (Wildman–Crippen LogP) is 13.0. The number of nitrogens with two attached hydrogens (primary N) is 1. The van der Waals surface area contributed by atoms with E-state index in [1.54, 1.807) is 0 Å². The number of carbonyl (C=O) groups excluding carboxylic acids is 1. The normalized spacial score (nSPS) is 11.5. The summed E-state index contributed by atoms with van der Waals surface area (Å²) in [5.74, 6) is 0.391. The van der Waals surface area contributed by atoms with Crippen molar-refractivity contribution in [3.05, 3.63) is 0 Å². The number of hydrogen-bond acceptors (Lipinski definition) is 5. The summed E-state index contributed by atoms with van der Waals surface area (Å²) >= 11 is 0. The molecule has 0 unspecified atom stereocenters. The Morgan fingerprint density at radius 3 is 0.945 bits per heavy atom. The molecule has 0 aliphatic rings. The second kappa shape index (κ2) is 49.5. The van der Waals surface area contributed by atoms with Crippen molar-refractivity contribution in [2.24, 2.45) is 5.73 Å². The summed E-state index contributed by atoms with van der Waals surface area (Å²) in [6.07, 6.45) is 49.7. The van der Waals surface area contributed by atoms with Gasteiger partial charge in [0.15, 0.2) is 0 Å². The van der Waals surface area contributed by atoms with E-state index in [1.165, 1.54) is 218 Å². The zero-order valence-electron chi connectivity index (χ0n) is 38.0. The quantitative estimate of drug-likeness (QED) is 0.0463. The molecule has 0 atom stereocenters. The third-order valence-electron chi connectivity index (χ3n) is 11.7. The Morgan fingerprint density at radius 2 is 0.618 bits per heavy atom. The fraction of sp³-hybridized carbons (Fsp3) is 0.980. The summed E-state index contributed by atoms with van der Waals surface area (Å²) in [6.45, 7) is 13.4. The van der Waals surface area contributed by atoms with Crippen LogP contribution in [0.15, 0.2) is 0 Å². The van der Waals surface area contributed by atoms with Crippen molar-refractivity contribution in [3.8, 4) is 0 Å². The molecule has 0 saturated heterocycles. The van der Waals surface area contributed by atoms with Crippen LogP contribution in [0.25, 0.3) is 0 Å². The lowest BCUT2D eigenvalue weighted by Crippen LogP contribution is -2.34. The van der Waals surface area contributed by atoms with Crippen LogP contribution in [-0.4, -0.2) is 69.7 Å². The summed E-state index contributed by atoms with van der Waals surface area (Å²) in [7, 11) is 0. The molecule has 0 aliphatic carbocycles. The Labute approximate surface area is 346 Å². The molecule has 0 aliphatic heterocycles. The molecule has 0 aromatic rings. The van der Waals surface area contributed by atoms with Gasteiger partial charge < -0.3 is 26.6 Å². The maximum Gasteiger partial charge on any atom is 0.222 e. The van der Waals surface area contributed by atoms with Crippen molar-refractivity contribution >= 4 is 5.91 Å². The van der Waals surface area contributed by atoms with Crippen LogP contribution in [-0.2, 0) is 4.79 Å². The van der Waals surface area contributed by atoms with Crippen molar-refractivity contribution in [2.75, 3.05) is 58.9 Å². The van der Waals surface area contributed by atoms with Crippen LogP contribution in [0.2, 0.25) is 0 Å². The molecule has 55 heavy (non-hydrogen) atoms. The number of rotatable bonds is 49. The van der Waals surface area contributed by atoms with E-state index in [-0.39, 0.29) is 0 Å². The lowest BCUT2D eigenvalue weighted by molar-refractivity contribution is -0.131. The van der Waals surface area contributed by atoms with Crippen LogP contribution in [0.3, 0.4) is 0 Å². The predicted molar refractivity (Wildman–Crippen MR) is 246 cm³/mol. The Hall–Kier alpha value is -0.690. The third kappa shape index (κ3) is 45.9. The maximum atomic E-state index is 13.3. The van der Waals surface area contributed by atoms with Gasteiger partial charge in [-0.1, -0.05) is 206 Å². The first-order valence-corrected chi connectivity index (χ1v) is 25.4. The van der Waals surface area contributed by atoms with E-state index in [1.807, 2.05) is 0 Å². The monoisotopic (exact) mass is 778 g/mol. The number of carbonyl (C=O) groups is 1. The highest BCUT2D eigenvalue weighted by molar-refractivity contribution is 5.76. The molecule has 0 bridgehead atoms. The van der Waals surface area contributed by atoms with Gasteiger partial charge in [0.1, 0.15) is 0 Å². The topological polar surface area (TPSA) is 82.4 Å². The summed E-state index contributed by atoms with van der Waals surface area (Å²) in [5.41, 5.74) is 5.54. The molecule has 6 nitrogen and oxygen atoms in total. The maximum absolute atomic E-state index is 13.3. The SMILES string of the molecule is CCCCCCCCCCCCCCCCCCN(CCCCCCCCCCCCCCCCCC)C(=O)CCCNCCNCCCCNCCCN. The van der Waals surface area contributed by atoms with Crippen LogP contribution in [0, 0.1) is 0 Å². The number of unbranched alkanes of at least 4 members (excludes halogenated alkanes) is 31. The van der Waals surface area contributed by atoms with Gasteiger partial charge in [-0.15, -0.1) is 0 Å². The summed E-state index contributed by atoms with van der Waals surface area (Å²) in [4.78, 5) is 15.6. The van der Waals surface area contributed by atoms with E-state index >= 15 is 0 Å². The molecule has 0 heterocycles. The number of hydrogen-bond donors (Lipinski definition) is 4. The molecule has 0 aromatic heterocycles. The molecule has 6 heteroatoms. The van der Waals surface area contributed by atoms with Gasteiger partial charge in [-0.3, -0.25) is 4.79 Å². The average Bonchev–Trinajstić information content (AvgIpc) is 3.19. The van der Waals surface area contributed by atoms with Crippen molar-refractivity contribution < 1.29 is 4.79 Å². The van der Waals surface area contributed by atoms with E-state index in [4.69, 9.17) is 5.73 Å². The van der Waals surface area contributed by atoms with Crippen molar-refractivity contribution in [1.82, 2.24) is 20.9 Å². The average molecular weight is 778 g/mol. The van der Waals surface area contributed by atoms with Gasteiger partial charge in [0, 0.05) is 32.6 Å². The fourth-order valence-corrected chi connectivity index (χ4v) is 7.86. The van der Waals surface area contributed by atoms with Gasteiger partial charge in [-0.05, 0) is 71.2 Å². The zero-order valence-corrected chi connectivity index (χ0v) is 38.0. The van der Waals surface area contributed by atoms with Gasteiger partial charge in [-0.25, -0.2) is 0 Å². The van der Waals surface area contributed by atoms with E-state index in [2.05, 4.69) is 34.7 Å². The number of nitrogens with zero attached hydrogens (tertiary/aromatic N) is 1. The second-order valence-corrected chi connectivity index (χ2v) is 17.2. The molecule has 0 fully saturated rings. The highest BCUT2D eigenvalue weighted by Crippen LogP contribution is 2.16. The van der Waals surface area contributed by atoms with Crippen LogP contribution >= 0.6 is 0 Å². The minimum atomic E-state index is 0.391. The molecule has 330 valence electrons. The molecule has 5 N–H and O–H groups in total. The lowest BCUT2D eigenvalue weighted by Gasteiger charge is -2.23. The van der Waals surface area contributed by atoms with Crippen LogP contribution in [0.5, 0.6) is 0 Å². The largest absolute Gasteiger partial charge is 0.343 e. The van der Waals surface area contributed by atoms with Gasteiger partial charge >= 0.3 is 0 Å². The first kappa shape index (κ1) is 54.3. The van der Waals surface area contributed by atoms with Gasteiger partial charge in [0.05, 0.1) is 0 Å². The fourth-order valence-electron chi connectivity index (χ4n) is 7.86. The zero-order chi connectivity index (χ0) is 39.8. The minimum Gasteiger partial charge on any atom is -0.343 e. The Bertz CT molecular complexity index is 671. The molecular formula is C49H103N5O. The van der Waals surface area contributed by atoms with Crippen molar-refractivity contribution in [3.63, 3.8) is 0 Å². The van der Waals surface area contributed by atoms with Gasteiger partial charge in [0.25, 0.3) is 0 Å². The summed E-state index contributed by atoms with van der Waals surface area (Å²) in [5, 5.41) is 10.5. The van der Waals surface area contributed by atoms with E-state index in [0.29, 0.717) is 12.3 Å². The van der Waals surface area contributed by atoms with Crippen LogP contribution in [0.4, 0.5) is 0 Å². The molecule has 0 spiro atoms. The molecule has 0 aromatic carbocycles. The van der Waals surface area contributed by atoms with Crippen LogP contribution < -0.4 is 21.7 Å². The van der Waals surface area contributed by atoms with E-state index < -0.39 is 0 Å². The summed E-state index contributed by atoms with van der Waals surface area (Å²) in [6, 6.07) is 0. The number of nitrogens with one attached hydrogen (secondary N) is 3. The van der Waals surface area contributed by atoms with Gasteiger partial charge in [0.2, 0.25) is 5.91 Å². The second-order valence-electron chi connectivity index (χ2n) is 17.2. The first-order chi connectivity index (χ1) is 27.3. The molecular weight excluding hydrogens is 675 g/mol. The summed E-state index contributed by atoms with van der Waals surface area (Å²) < 4.78 is 0. The lowest BCUT2D eigenvalue weighted by atomic mass is 10.0. The number of amides is 1. The smallest absolute Gasteiger partial charge is 0.222 e. The molecule has 0 radical (unpaired) electrons. The highest BCUT2D eigenvalue weighted by Gasteiger charge is 2.12.